The lowest BCUT2D eigenvalue weighted by Gasteiger charge is -2.02. The topological polar surface area (TPSA) is 64.9 Å². The number of nitrogens with zero attached hydrogens (tertiary/aromatic N) is 2. The SMILES string of the molecule is CCC[C@H](N)c1nc(-c2ccccc2F)no1. The summed E-state index contributed by atoms with van der Waals surface area (Å²) >= 11 is 0. The van der Waals surface area contributed by atoms with Crippen LogP contribution in [-0.4, -0.2) is 10.1 Å². The van der Waals surface area contributed by atoms with Crippen LogP contribution in [0.25, 0.3) is 11.4 Å². The van der Waals surface area contributed by atoms with Crippen molar-refractivity contribution in [3.63, 3.8) is 0 Å². The third kappa shape index (κ3) is 2.50. The fraction of sp³-hybridized carbons (Fsp3) is 0.333. The van der Waals surface area contributed by atoms with Crippen molar-refractivity contribution >= 4 is 0 Å². The van der Waals surface area contributed by atoms with Crippen LogP contribution in [0, 0.1) is 5.82 Å². The molecular formula is C12H14FN3O. The lowest BCUT2D eigenvalue weighted by Crippen LogP contribution is -2.09. The Morgan fingerprint density at radius 3 is 2.88 bits per heavy atom. The maximum atomic E-state index is 13.5. The Bertz CT molecular complexity index is 498. The van der Waals surface area contributed by atoms with E-state index in [4.69, 9.17) is 10.3 Å². The minimum Gasteiger partial charge on any atom is -0.337 e. The zero-order chi connectivity index (χ0) is 12.3. The molecule has 4 nitrogen and oxygen atoms in total. The van der Waals surface area contributed by atoms with Gasteiger partial charge in [0.25, 0.3) is 0 Å². The quantitative estimate of drug-likeness (QED) is 0.884. The number of halogens is 1. The van der Waals surface area contributed by atoms with E-state index in [2.05, 4.69) is 10.1 Å². The Balaban J connectivity index is 2.27. The number of hydrogen-bond acceptors (Lipinski definition) is 4. The van der Waals surface area contributed by atoms with Crippen LogP contribution in [0.3, 0.4) is 0 Å². The molecule has 0 spiro atoms. The molecule has 2 aromatic rings. The molecule has 17 heavy (non-hydrogen) atoms. The first kappa shape index (κ1) is 11.7. The Labute approximate surface area is 98.6 Å². The normalized spacial score (nSPS) is 12.6. The molecule has 1 aromatic carbocycles. The van der Waals surface area contributed by atoms with Crippen LogP contribution in [-0.2, 0) is 0 Å². The van der Waals surface area contributed by atoms with Gasteiger partial charge in [-0.2, -0.15) is 4.98 Å². The van der Waals surface area contributed by atoms with Gasteiger partial charge in [-0.05, 0) is 18.6 Å². The third-order valence-electron chi connectivity index (χ3n) is 2.47. The predicted octanol–water partition coefficient (Wildman–Crippen LogP) is 2.68. The van der Waals surface area contributed by atoms with Crippen LogP contribution in [0.5, 0.6) is 0 Å². The van der Waals surface area contributed by atoms with Gasteiger partial charge >= 0.3 is 0 Å². The highest BCUT2D eigenvalue weighted by Gasteiger charge is 2.16. The van der Waals surface area contributed by atoms with Crippen LogP contribution in [0.2, 0.25) is 0 Å². The van der Waals surface area contributed by atoms with Crippen molar-refractivity contribution in [2.75, 3.05) is 0 Å². The van der Waals surface area contributed by atoms with Crippen molar-refractivity contribution in [3.8, 4) is 11.4 Å². The lowest BCUT2D eigenvalue weighted by atomic mass is 10.2. The van der Waals surface area contributed by atoms with E-state index < -0.39 is 0 Å². The fourth-order valence-electron chi connectivity index (χ4n) is 1.57. The number of rotatable bonds is 4. The molecule has 1 atom stereocenters. The summed E-state index contributed by atoms with van der Waals surface area (Å²) in [6.45, 7) is 2.02. The van der Waals surface area contributed by atoms with E-state index in [0.29, 0.717) is 11.5 Å². The van der Waals surface area contributed by atoms with E-state index in [1.807, 2.05) is 6.92 Å². The van der Waals surface area contributed by atoms with E-state index in [-0.39, 0.29) is 17.7 Å². The highest BCUT2D eigenvalue weighted by Crippen LogP contribution is 2.21. The number of hydrogen-bond donors (Lipinski definition) is 1. The number of nitrogens with two attached hydrogens (primary N) is 1. The molecule has 5 heteroatoms. The summed E-state index contributed by atoms with van der Waals surface area (Å²) in [7, 11) is 0. The van der Waals surface area contributed by atoms with Crippen molar-refractivity contribution in [2.45, 2.75) is 25.8 Å². The molecule has 0 fully saturated rings. The molecular weight excluding hydrogens is 221 g/mol. The molecule has 0 aliphatic carbocycles. The molecule has 2 N–H and O–H groups in total. The van der Waals surface area contributed by atoms with Crippen molar-refractivity contribution in [1.82, 2.24) is 10.1 Å². The molecule has 1 aromatic heterocycles. The first-order chi connectivity index (χ1) is 8.22. The fourth-order valence-corrected chi connectivity index (χ4v) is 1.57. The highest BCUT2D eigenvalue weighted by atomic mass is 19.1. The summed E-state index contributed by atoms with van der Waals surface area (Å²) in [6, 6.07) is 6.02. The first-order valence-electron chi connectivity index (χ1n) is 5.56. The van der Waals surface area contributed by atoms with Gasteiger partial charge in [0.15, 0.2) is 0 Å². The van der Waals surface area contributed by atoms with Crippen molar-refractivity contribution in [3.05, 3.63) is 36.0 Å². The van der Waals surface area contributed by atoms with E-state index in [9.17, 15) is 4.39 Å². The van der Waals surface area contributed by atoms with Crippen molar-refractivity contribution < 1.29 is 8.91 Å². The van der Waals surface area contributed by atoms with E-state index in [1.165, 1.54) is 6.07 Å². The third-order valence-corrected chi connectivity index (χ3v) is 2.47. The van der Waals surface area contributed by atoms with Crippen LogP contribution >= 0.6 is 0 Å². The molecule has 0 bridgehead atoms. The minimum atomic E-state index is -0.371. The average molecular weight is 235 g/mol. The van der Waals surface area contributed by atoms with Gasteiger partial charge in [0, 0.05) is 0 Å². The van der Waals surface area contributed by atoms with Gasteiger partial charge in [-0.1, -0.05) is 30.6 Å². The zero-order valence-corrected chi connectivity index (χ0v) is 9.56. The molecule has 0 aliphatic rings. The van der Waals surface area contributed by atoms with Crippen LogP contribution in [0.1, 0.15) is 31.7 Å². The number of benzene rings is 1. The predicted molar refractivity (Wildman–Crippen MR) is 61.5 cm³/mol. The first-order valence-corrected chi connectivity index (χ1v) is 5.56. The zero-order valence-electron chi connectivity index (χ0n) is 9.56. The summed E-state index contributed by atoms with van der Waals surface area (Å²) < 4.78 is 18.5. The summed E-state index contributed by atoms with van der Waals surface area (Å²) in [5.41, 5.74) is 6.17. The van der Waals surface area contributed by atoms with Crippen LogP contribution in [0.15, 0.2) is 28.8 Å². The second-order valence-corrected chi connectivity index (χ2v) is 3.83. The average Bonchev–Trinajstić information content (AvgIpc) is 2.79. The standard InChI is InChI=1S/C12H14FN3O/c1-2-5-10(14)12-15-11(16-17-12)8-6-3-4-7-9(8)13/h3-4,6-7,10H,2,5,14H2,1H3/t10-/m0/s1. The molecule has 2 rings (SSSR count). The van der Waals surface area contributed by atoms with Gasteiger partial charge in [0.2, 0.25) is 11.7 Å². The Morgan fingerprint density at radius 1 is 1.41 bits per heavy atom. The van der Waals surface area contributed by atoms with Gasteiger partial charge in [-0.15, -0.1) is 0 Å². The Kier molecular flexibility index (Phi) is 3.49. The maximum absolute atomic E-state index is 13.5. The van der Waals surface area contributed by atoms with Gasteiger partial charge in [-0.25, -0.2) is 4.39 Å². The largest absolute Gasteiger partial charge is 0.337 e. The van der Waals surface area contributed by atoms with E-state index in [0.717, 1.165) is 12.8 Å². The molecule has 0 unspecified atom stereocenters. The lowest BCUT2D eigenvalue weighted by molar-refractivity contribution is 0.348. The molecule has 0 saturated heterocycles. The second-order valence-electron chi connectivity index (χ2n) is 3.83. The van der Waals surface area contributed by atoms with Gasteiger partial charge in [0.05, 0.1) is 11.6 Å². The summed E-state index contributed by atoms with van der Waals surface area (Å²) in [4.78, 5) is 4.12. The molecule has 0 saturated carbocycles. The van der Waals surface area contributed by atoms with Crippen LogP contribution < -0.4 is 5.73 Å². The minimum absolute atomic E-state index is 0.240. The van der Waals surface area contributed by atoms with Crippen molar-refractivity contribution in [1.29, 1.82) is 0 Å². The molecule has 0 aliphatic heterocycles. The summed E-state index contributed by atoms with van der Waals surface area (Å²) in [5.74, 6) is 0.221. The molecule has 0 amide bonds. The maximum Gasteiger partial charge on any atom is 0.243 e. The molecule has 1 heterocycles. The molecule has 0 radical (unpaired) electrons. The van der Waals surface area contributed by atoms with Crippen LogP contribution in [0.4, 0.5) is 4.39 Å². The smallest absolute Gasteiger partial charge is 0.243 e. The van der Waals surface area contributed by atoms with E-state index >= 15 is 0 Å². The molecule has 90 valence electrons. The van der Waals surface area contributed by atoms with E-state index in [1.54, 1.807) is 18.2 Å². The Hall–Kier alpha value is -1.75. The highest BCUT2D eigenvalue weighted by molar-refractivity contribution is 5.54. The summed E-state index contributed by atoms with van der Waals surface area (Å²) in [5, 5.41) is 3.74. The van der Waals surface area contributed by atoms with Crippen molar-refractivity contribution in [2.24, 2.45) is 5.73 Å². The van der Waals surface area contributed by atoms with Gasteiger partial charge < -0.3 is 10.3 Å². The Morgan fingerprint density at radius 2 is 2.18 bits per heavy atom. The van der Waals surface area contributed by atoms with Gasteiger partial charge in [0.1, 0.15) is 5.82 Å². The summed E-state index contributed by atoms with van der Waals surface area (Å²) in [6.07, 6.45) is 1.69. The monoisotopic (exact) mass is 235 g/mol. The van der Waals surface area contributed by atoms with Gasteiger partial charge in [-0.3, -0.25) is 0 Å². The second kappa shape index (κ2) is 5.05. The number of aromatic nitrogens is 2.